The summed E-state index contributed by atoms with van der Waals surface area (Å²) in [7, 11) is 0. The van der Waals surface area contributed by atoms with Crippen molar-refractivity contribution in [2.45, 2.75) is 12.6 Å². The van der Waals surface area contributed by atoms with Crippen LogP contribution >= 0.6 is 0 Å². The molecule has 2 aliphatic heterocycles. The van der Waals surface area contributed by atoms with E-state index in [1.54, 1.807) is 4.90 Å². The summed E-state index contributed by atoms with van der Waals surface area (Å²) in [5, 5.41) is 12.3. The van der Waals surface area contributed by atoms with Gasteiger partial charge in [-0.1, -0.05) is 12.1 Å². The van der Waals surface area contributed by atoms with Crippen LogP contribution in [0.2, 0.25) is 0 Å². The number of aliphatic hydroxyl groups is 1. The molecule has 1 aromatic carbocycles. The Labute approximate surface area is 112 Å². The molecule has 2 aliphatic rings. The average Bonchev–Trinajstić information content (AvgIpc) is 2.76. The van der Waals surface area contributed by atoms with Crippen LogP contribution < -0.4 is 5.32 Å². The second-order valence-corrected chi connectivity index (χ2v) is 4.93. The Morgan fingerprint density at radius 3 is 3.11 bits per heavy atom. The van der Waals surface area contributed by atoms with Gasteiger partial charge in [0.15, 0.2) is 0 Å². The minimum Gasteiger partial charge on any atom is -0.395 e. The zero-order valence-electron chi connectivity index (χ0n) is 10.8. The summed E-state index contributed by atoms with van der Waals surface area (Å²) < 4.78 is 5.72. The molecule has 0 saturated carbocycles. The number of rotatable bonds is 3. The Hall–Kier alpha value is -1.43. The molecule has 2 N–H and O–H groups in total. The molecule has 0 aromatic heterocycles. The Balaban J connectivity index is 1.82. The Kier molecular flexibility index (Phi) is 3.50. The molecular formula is C14H18N2O3. The topological polar surface area (TPSA) is 61.8 Å². The molecule has 0 spiro atoms. The van der Waals surface area contributed by atoms with E-state index in [0.717, 1.165) is 36.4 Å². The van der Waals surface area contributed by atoms with Gasteiger partial charge < -0.3 is 20.1 Å². The van der Waals surface area contributed by atoms with E-state index in [1.807, 2.05) is 12.1 Å². The van der Waals surface area contributed by atoms with Crippen molar-refractivity contribution in [3.8, 4) is 0 Å². The lowest BCUT2D eigenvalue weighted by molar-refractivity contribution is 0.0276. The van der Waals surface area contributed by atoms with Crippen molar-refractivity contribution in [1.82, 2.24) is 10.2 Å². The van der Waals surface area contributed by atoms with E-state index in [9.17, 15) is 4.79 Å². The average molecular weight is 262 g/mol. The van der Waals surface area contributed by atoms with E-state index in [1.165, 1.54) is 0 Å². The monoisotopic (exact) mass is 262 g/mol. The van der Waals surface area contributed by atoms with Crippen molar-refractivity contribution >= 4 is 5.91 Å². The summed E-state index contributed by atoms with van der Waals surface area (Å²) in [6.45, 7) is 3.41. The third-order valence-corrected chi connectivity index (χ3v) is 3.68. The summed E-state index contributed by atoms with van der Waals surface area (Å²) in [6, 6.07) is 5.90. The number of carbonyl (C=O) groups is 1. The second-order valence-electron chi connectivity index (χ2n) is 4.93. The number of amides is 1. The fraction of sp³-hybridized carbons (Fsp3) is 0.500. The molecule has 0 radical (unpaired) electrons. The zero-order chi connectivity index (χ0) is 13.2. The van der Waals surface area contributed by atoms with E-state index in [-0.39, 0.29) is 18.6 Å². The molecule has 3 rings (SSSR count). The maximum atomic E-state index is 12.0. The number of nitrogens with zero attached hydrogens (tertiary/aromatic N) is 1. The quantitative estimate of drug-likeness (QED) is 0.822. The van der Waals surface area contributed by atoms with E-state index in [4.69, 9.17) is 9.84 Å². The third-order valence-electron chi connectivity index (χ3n) is 3.68. The maximum Gasteiger partial charge on any atom is 0.254 e. The lowest BCUT2D eigenvalue weighted by atomic mass is 10.0. The number of β-amino-alcohol motifs (C(OH)–C–C–N with tert-alkyl or cyclic N) is 1. The first kappa shape index (κ1) is 12.6. The SMILES string of the molecule is O=C1c2ccc([C@@H]3CNCCO3)cc2CN1CCO. The van der Waals surface area contributed by atoms with Crippen LogP contribution in [-0.4, -0.2) is 48.8 Å². The van der Waals surface area contributed by atoms with E-state index >= 15 is 0 Å². The fourth-order valence-corrected chi connectivity index (χ4v) is 2.68. The van der Waals surface area contributed by atoms with Crippen molar-refractivity contribution in [1.29, 1.82) is 0 Å². The standard InChI is InChI=1S/C14H18N2O3/c17-5-4-16-9-11-7-10(1-2-12(11)14(16)18)13-8-15-3-6-19-13/h1-2,7,13,15,17H,3-6,8-9H2/t13-/m0/s1. The molecule has 0 aliphatic carbocycles. The summed E-state index contributed by atoms with van der Waals surface area (Å²) in [4.78, 5) is 13.7. The second kappa shape index (κ2) is 5.28. The van der Waals surface area contributed by atoms with E-state index < -0.39 is 0 Å². The number of aliphatic hydroxyl groups excluding tert-OH is 1. The minimum atomic E-state index is 0.00222. The predicted octanol–water partition coefficient (Wildman–Crippen LogP) is 0.296. The molecule has 2 heterocycles. The number of carbonyl (C=O) groups excluding carboxylic acids is 1. The van der Waals surface area contributed by atoms with E-state index in [2.05, 4.69) is 11.4 Å². The molecule has 5 heteroatoms. The van der Waals surface area contributed by atoms with Gasteiger partial charge in [0.05, 0.1) is 19.3 Å². The van der Waals surface area contributed by atoms with Gasteiger partial charge in [-0.3, -0.25) is 4.79 Å². The van der Waals surface area contributed by atoms with Gasteiger partial charge in [0, 0.05) is 31.7 Å². The van der Waals surface area contributed by atoms with Crippen LogP contribution in [-0.2, 0) is 11.3 Å². The fourth-order valence-electron chi connectivity index (χ4n) is 2.68. The van der Waals surface area contributed by atoms with Crippen molar-refractivity contribution in [3.63, 3.8) is 0 Å². The van der Waals surface area contributed by atoms with Crippen molar-refractivity contribution in [2.24, 2.45) is 0 Å². The Bertz CT molecular complexity index is 484. The number of nitrogens with one attached hydrogen (secondary N) is 1. The van der Waals surface area contributed by atoms with Crippen LogP contribution in [0.1, 0.15) is 27.6 Å². The number of hydrogen-bond donors (Lipinski definition) is 2. The van der Waals surface area contributed by atoms with Gasteiger partial charge in [0.2, 0.25) is 0 Å². The number of hydrogen-bond acceptors (Lipinski definition) is 4. The molecule has 1 saturated heterocycles. The highest BCUT2D eigenvalue weighted by molar-refractivity contribution is 5.98. The van der Waals surface area contributed by atoms with Crippen molar-refractivity contribution in [3.05, 3.63) is 34.9 Å². The number of fused-ring (bicyclic) bond motifs is 1. The molecule has 19 heavy (non-hydrogen) atoms. The number of ether oxygens (including phenoxy) is 1. The van der Waals surface area contributed by atoms with Gasteiger partial charge in [0.1, 0.15) is 0 Å². The molecule has 5 nitrogen and oxygen atoms in total. The van der Waals surface area contributed by atoms with Crippen LogP contribution in [0, 0.1) is 0 Å². The number of morpholine rings is 1. The van der Waals surface area contributed by atoms with Crippen LogP contribution in [0.5, 0.6) is 0 Å². The van der Waals surface area contributed by atoms with Crippen LogP contribution in [0.4, 0.5) is 0 Å². The normalized spacial score (nSPS) is 22.7. The summed E-state index contributed by atoms with van der Waals surface area (Å²) in [5.41, 5.74) is 2.90. The highest BCUT2D eigenvalue weighted by Crippen LogP contribution is 2.27. The van der Waals surface area contributed by atoms with Crippen molar-refractivity contribution in [2.75, 3.05) is 32.8 Å². The van der Waals surface area contributed by atoms with Gasteiger partial charge in [0.25, 0.3) is 5.91 Å². The first-order valence-electron chi connectivity index (χ1n) is 6.65. The van der Waals surface area contributed by atoms with Crippen LogP contribution in [0.15, 0.2) is 18.2 Å². The zero-order valence-corrected chi connectivity index (χ0v) is 10.8. The smallest absolute Gasteiger partial charge is 0.254 e. The molecule has 102 valence electrons. The van der Waals surface area contributed by atoms with Gasteiger partial charge in [-0.2, -0.15) is 0 Å². The predicted molar refractivity (Wildman–Crippen MR) is 69.8 cm³/mol. The lowest BCUT2D eigenvalue weighted by Gasteiger charge is -2.24. The van der Waals surface area contributed by atoms with Gasteiger partial charge in [-0.25, -0.2) is 0 Å². The minimum absolute atomic E-state index is 0.00222. The largest absolute Gasteiger partial charge is 0.395 e. The molecule has 1 fully saturated rings. The first-order valence-corrected chi connectivity index (χ1v) is 6.65. The third kappa shape index (κ3) is 2.36. The lowest BCUT2D eigenvalue weighted by Crippen LogP contribution is -2.33. The van der Waals surface area contributed by atoms with Gasteiger partial charge in [-0.15, -0.1) is 0 Å². The van der Waals surface area contributed by atoms with Crippen molar-refractivity contribution < 1.29 is 14.6 Å². The first-order chi connectivity index (χ1) is 9.29. The van der Waals surface area contributed by atoms with Gasteiger partial charge in [-0.05, 0) is 17.2 Å². The molecule has 1 aromatic rings. The summed E-state index contributed by atoms with van der Waals surface area (Å²) >= 11 is 0. The Morgan fingerprint density at radius 2 is 2.37 bits per heavy atom. The Morgan fingerprint density at radius 1 is 1.47 bits per heavy atom. The van der Waals surface area contributed by atoms with Crippen LogP contribution in [0.3, 0.4) is 0 Å². The van der Waals surface area contributed by atoms with E-state index in [0.29, 0.717) is 13.1 Å². The van der Waals surface area contributed by atoms with Crippen LogP contribution in [0.25, 0.3) is 0 Å². The number of benzene rings is 1. The molecular weight excluding hydrogens is 244 g/mol. The highest BCUT2D eigenvalue weighted by atomic mass is 16.5. The molecule has 0 unspecified atom stereocenters. The molecule has 0 bridgehead atoms. The molecule has 1 atom stereocenters. The highest BCUT2D eigenvalue weighted by Gasteiger charge is 2.28. The van der Waals surface area contributed by atoms with Gasteiger partial charge >= 0.3 is 0 Å². The summed E-state index contributed by atoms with van der Waals surface area (Å²) in [6.07, 6.45) is 0.0704. The molecule has 1 amide bonds. The maximum absolute atomic E-state index is 12.0. The summed E-state index contributed by atoms with van der Waals surface area (Å²) in [5.74, 6) is 0.0123.